The van der Waals surface area contributed by atoms with E-state index in [9.17, 15) is 4.79 Å². The van der Waals surface area contributed by atoms with Crippen LogP contribution in [0.2, 0.25) is 0 Å². The van der Waals surface area contributed by atoms with Crippen molar-refractivity contribution in [2.45, 2.75) is 52.9 Å². The zero-order chi connectivity index (χ0) is 15.9. The molecule has 0 heterocycles. The number of allylic oxidation sites excluding steroid dienone is 6. The molecule has 0 saturated carbocycles. The number of hydrogen-bond donors (Lipinski definition) is 0. The van der Waals surface area contributed by atoms with Gasteiger partial charge < -0.3 is 4.74 Å². The van der Waals surface area contributed by atoms with Crippen molar-refractivity contribution < 1.29 is 9.53 Å². The summed E-state index contributed by atoms with van der Waals surface area (Å²) >= 11 is 0. The van der Waals surface area contributed by atoms with Gasteiger partial charge in [-0.05, 0) is 56.4 Å². The molecule has 2 heteroatoms. The third-order valence-corrected chi connectivity index (χ3v) is 6.08. The topological polar surface area (TPSA) is 26.3 Å². The number of esters is 1. The lowest BCUT2D eigenvalue weighted by molar-refractivity contribution is -0.155. The van der Waals surface area contributed by atoms with E-state index in [1.165, 1.54) is 31.1 Å². The zero-order valence-corrected chi connectivity index (χ0v) is 14.3. The SMILES string of the molecule is COC(=O)C1(C)CCC=C2C3CCC(C(C)C)=CC3=CCC21. The van der Waals surface area contributed by atoms with Crippen LogP contribution in [0.15, 0.2) is 34.9 Å². The maximum absolute atomic E-state index is 12.4. The number of rotatable bonds is 2. The van der Waals surface area contributed by atoms with Crippen LogP contribution >= 0.6 is 0 Å². The molecule has 0 spiro atoms. The van der Waals surface area contributed by atoms with Gasteiger partial charge >= 0.3 is 5.97 Å². The second kappa shape index (κ2) is 5.72. The van der Waals surface area contributed by atoms with Gasteiger partial charge in [0.25, 0.3) is 0 Å². The quantitative estimate of drug-likeness (QED) is 0.539. The summed E-state index contributed by atoms with van der Waals surface area (Å²) in [4.78, 5) is 12.4. The zero-order valence-electron chi connectivity index (χ0n) is 14.3. The molecule has 0 amide bonds. The summed E-state index contributed by atoms with van der Waals surface area (Å²) in [5.41, 5.74) is 4.23. The van der Waals surface area contributed by atoms with Crippen LogP contribution in [0.5, 0.6) is 0 Å². The third kappa shape index (κ3) is 2.37. The van der Waals surface area contributed by atoms with E-state index in [-0.39, 0.29) is 11.4 Å². The van der Waals surface area contributed by atoms with Crippen molar-refractivity contribution >= 4 is 5.97 Å². The number of methoxy groups -OCH3 is 1. The van der Waals surface area contributed by atoms with Crippen molar-refractivity contribution in [3.63, 3.8) is 0 Å². The highest BCUT2D eigenvalue weighted by molar-refractivity contribution is 5.78. The average Bonchev–Trinajstić information content (AvgIpc) is 2.53. The van der Waals surface area contributed by atoms with Crippen LogP contribution in [-0.2, 0) is 9.53 Å². The largest absolute Gasteiger partial charge is 0.469 e. The van der Waals surface area contributed by atoms with Crippen molar-refractivity contribution in [1.29, 1.82) is 0 Å². The van der Waals surface area contributed by atoms with Gasteiger partial charge in [-0.1, -0.05) is 43.2 Å². The van der Waals surface area contributed by atoms with Crippen LogP contribution in [0.1, 0.15) is 52.9 Å². The minimum absolute atomic E-state index is 0.0332. The summed E-state index contributed by atoms with van der Waals surface area (Å²) in [6.07, 6.45) is 12.5. The molecule has 0 aromatic rings. The predicted octanol–water partition coefficient (Wildman–Crippen LogP) is 4.82. The van der Waals surface area contributed by atoms with Gasteiger partial charge in [-0.15, -0.1) is 0 Å². The maximum atomic E-state index is 12.4. The van der Waals surface area contributed by atoms with E-state index in [1.807, 2.05) is 0 Å². The van der Waals surface area contributed by atoms with Crippen LogP contribution < -0.4 is 0 Å². The highest BCUT2D eigenvalue weighted by Crippen LogP contribution is 2.53. The molecular weight excluding hydrogens is 272 g/mol. The number of carbonyl (C=O) groups is 1. The molecule has 0 fully saturated rings. The van der Waals surface area contributed by atoms with Crippen LogP contribution in [0.25, 0.3) is 0 Å². The molecule has 3 aliphatic rings. The third-order valence-electron chi connectivity index (χ3n) is 6.08. The minimum Gasteiger partial charge on any atom is -0.469 e. The van der Waals surface area contributed by atoms with Gasteiger partial charge in [0.1, 0.15) is 0 Å². The normalized spacial score (nSPS) is 34.1. The second-order valence-electron chi connectivity index (χ2n) is 7.61. The molecule has 0 aliphatic heterocycles. The van der Waals surface area contributed by atoms with E-state index in [0.29, 0.717) is 17.8 Å². The molecule has 22 heavy (non-hydrogen) atoms. The van der Waals surface area contributed by atoms with E-state index < -0.39 is 0 Å². The van der Waals surface area contributed by atoms with Crippen molar-refractivity contribution in [1.82, 2.24) is 0 Å². The lowest BCUT2D eigenvalue weighted by Gasteiger charge is -2.45. The second-order valence-corrected chi connectivity index (χ2v) is 7.61. The van der Waals surface area contributed by atoms with Crippen LogP contribution in [0, 0.1) is 23.2 Å². The molecule has 0 radical (unpaired) electrons. The Morgan fingerprint density at radius 2 is 2.14 bits per heavy atom. The minimum atomic E-state index is -0.344. The molecule has 0 N–H and O–H groups in total. The van der Waals surface area contributed by atoms with Gasteiger partial charge in [0.2, 0.25) is 0 Å². The first kappa shape index (κ1) is 15.6. The molecule has 3 aliphatic carbocycles. The summed E-state index contributed by atoms with van der Waals surface area (Å²) in [5, 5.41) is 0. The Kier molecular flexibility index (Phi) is 4.05. The molecule has 0 bridgehead atoms. The fourth-order valence-corrected chi connectivity index (χ4v) is 4.62. The lowest BCUT2D eigenvalue weighted by atomic mass is 9.58. The van der Waals surface area contributed by atoms with Gasteiger partial charge in [-0.2, -0.15) is 0 Å². The van der Waals surface area contributed by atoms with Gasteiger partial charge in [0.15, 0.2) is 0 Å². The van der Waals surface area contributed by atoms with Gasteiger partial charge in [0, 0.05) is 5.92 Å². The molecule has 0 aromatic carbocycles. The molecule has 120 valence electrons. The highest BCUT2D eigenvalue weighted by atomic mass is 16.5. The van der Waals surface area contributed by atoms with E-state index in [0.717, 1.165) is 19.3 Å². The summed E-state index contributed by atoms with van der Waals surface area (Å²) in [6.45, 7) is 6.67. The van der Waals surface area contributed by atoms with Crippen molar-refractivity contribution in [2.24, 2.45) is 23.2 Å². The van der Waals surface area contributed by atoms with Gasteiger partial charge in [0.05, 0.1) is 12.5 Å². The van der Waals surface area contributed by atoms with Gasteiger partial charge in [-0.25, -0.2) is 0 Å². The number of fused-ring (bicyclic) bond motifs is 3. The van der Waals surface area contributed by atoms with Crippen LogP contribution in [0.4, 0.5) is 0 Å². The Labute approximate surface area is 134 Å². The summed E-state index contributed by atoms with van der Waals surface area (Å²) in [6, 6.07) is 0. The molecule has 2 nitrogen and oxygen atoms in total. The Morgan fingerprint density at radius 3 is 2.82 bits per heavy atom. The fourth-order valence-electron chi connectivity index (χ4n) is 4.62. The maximum Gasteiger partial charge on any atom is 0.312 e. The van der Waals surface area contributed by atoms with E-state index in [1.54, 1.807) is 5.57 Å². The van der Waals surface area contributed by atoms with Crippen molar-refractivity contribution in [3.05, 3.63) is 34.9 Å². The molecular formula is C20H28O2. The molecule has 3 unspecified atom stereocenters. The van der Waals surface area contributed by atoms with E-state index in [2.05, 4.69) is 39.0 Å². The first-order chi connectivity index (χ1) is 10.5. The molecule has 3 rings (SSSR count). The Hall–Kier alpha value is -1.31. The van der Waals surface area contributed by atoms with Crippen LogP contribution in [-0.4, -0.2) is 13.1 Å². The monoisotopic (exact) mass is 300 g/mol. The van der Waals surface area contributed by atoms with Crippen molar-refractivity contribution in [2.75, 3.05) is 7.11 Å². The summed E-state index contributed by atoms with van der Waals surface area (Å²) in [7, 11) is 1.52. The Bertz CT molecular complexity index is 564. The Balaban J connectivity index is 1.95. The van der Waals surface area contributed by atoms with E-state index in [4.69, 9.17) is 4.74 Å². The smallest absolute Gasteiger partial charge is 0.312 e. The molecule has 0 aromatic heterocycles. The van der Waals surface area contributed by atoms with Crippen molar-refractivity contribution in [3.8, 4) is 0 Å². The standard InChI is InChI=1S/C20H28O2/c1-13(2)14-7-9-16-15(12-14)8-10-18-17(16)6-5-11-20(18,3)19(21)22-4/h6,8,12-13,16,18H,5,7,9-11H2,1-4H3. The first-order valence-corrected chi connectivity index (χ1v) is 8.66. The number of carbonyl (C=O) groups excluding carboxylic acids is 1. The highest BCUT2D eigenvalue weighted by Gasteiger charge is 2.48. The average molecular weight is 300 g/mol. The van der Waals surface area contributed by atoms with Gasteiger partial charge in [-0.3, -0.25) is 4.79 Å². The first-order valence-electron chi connectivity index (χ1n) is 8.66. The molecule has 3 atom stereocenters. The van der Waals surface area contributed by atoms with Crippen LogP contribution in [0.3, 0.4) is 0 Å². The van der Waals surface area contributed by atoms with E-state index >= 15 is 0 Å². The summed E-state index contributed by atoms with van der Waals surface area (Å²) < 4.78 is 5.13. The lowest BCUT2D eigenvalue weighted by Crippen LogP contribution is -2.42. The fraction of sp³-hybridized carbons (Fsp3) is 0.650. The molecule has 0 saturated heterocycles. The predicted molar refractivity (Wildman–Crippen MR) is 89.3 cm³/mol. The number of ether oxygens (including phenoxy) is 1. The Morgan fingerprint density at radius 1 is 1.36 bits per heavy atom. The number of hydrogen-bond acceptors (Lipinski definition) is 2. The summed E-state index contributed by atoms with van der Waals surface area (Å²) in [5.74, 6) is 1.47.